The van der Waals surface area contributed by atoms with Gasteiger partial charge in [0.05, 0.1) is 0 Å². The van der Waals surface area contributed by atoms with E-state index in [1.54, 1.807) is 5.87 Å². The van der Waals surface area contributed by atoms with E-state index in [1.165, 1.54) is 6.42 Å². The normalized spacial score (nSPS) is 13.8. The summed E-state index contributed by atoms with van der Waals surface area (Å²) in [6.45, 7) is 0. The summed E-state index contributed by atoms with van der Waals surface area (Å²) in [6, 6.07) is 4.43. The average molecular weight is 276 g/mol. The molecule has 12 heavy (non-hydrogen) atoms. The van der Waals surface area contributed by atoms with Crippen LogP contribution in [0.1, 0.15) is 6.42 Å². The van der Waals surface area contributed by atoms with Gasteiger partial charge >= 0.3 is 82.6 Å². The number of thiophene rings is 1. The molecule has 1 heterocycles. The third kappa shape index (κ3) is 2.69. The Bertz CT molecular complexity index is 287. The van der Waals surface area contributed by atoms with Gasteiger partial charge in [-0.15, -0.1) is 12.4 Å². The zero-order valence-corrected chi connectivity index (χ0v) is 10.6. The van der Waals surface area contributed by atoms with Gasteiger partial charge in [-0.05, 0) is 0 Å². The van der Waals surface area contributed by atoms with Crippen molar-refractivity contribution in [3.05, 3.63) is 39.0 Å². The van der Waals surface area contributed by atoms with Gasteiger partial charge in [0, 0.05) is 0 Å². The predicted molar refractivity (Wildman–Crippen MR) is 53.0 cm³/mol. The molecule has 0 aromatic carbocycles. The van der Waals surface area contributed by atoms with E-state index in [-0.39, 0.29) is 35.6 Å². The van der Waals surface area contributed by atoms with E-state index >= 15 is 0 Å². The van der Waals surface area contributed by atoms with Crippen molar-refractivity contribution in [1.82, 2.24) is 0 Å². The van der Waals surface area contributed by atoms with Gasteiger partial charge in [0.15, 0.2) is 0 Å². The second-order valence-corrected chi connectivity index (χ2v) is 7.78. The van der Waals surface area contributed by atoms with Crippen molar-refractivity contribution in [2.24, 2.45) is 0 Å². The van der Waals surface area contributed by atoms with Crippen LogP contribution in [0.25, 0.3) is 0 Å². The fraction of sp³-hybridized carbons (Fsp3) is 0.111. The molecule has 0 saturated heterocycles. The predicted octanol–water partition coefficient (Wildman–Crippen LogP) is 2.72. The molecule has 0 bridgehead atoms. The molecule has 0 nitrogen and oxygen atoms in total. The van der Waals surface area contributed by atoms with Gasteiger partial charge in [0.2, 0.25) is 0 Å². The first-order chi connectivity index (χ1) is 5.45. The summed E-state index contributed by atoms with van der Waals surface area (Å²) >= 11 is 1.57. The Morgan fingerprint density at radius 1 is 1.42 bits per heavy atom. The van der Waals surface area contributed by atoms with Gasteiger partial charge in [-0.25, -0.2) is 0 Å². The number of halogens is 1. The van der Waals surface area contributed by atoms with Crippen molar-refractivity contribution in [2.45, 2.75) is 6.42 Å². The third-order valence-corrected chi connectivity index (χ3v) is 6.45. The summed E-state index contributed by atoms with van der Waals surface area (Å²) in [5.41, 5.74) is 0. The Kier molecular flexibility index (Phi) is 4.49. The molecule has 0 saturated carbocycles. The van der Waals surface area contributed by atoms with Crippen LogP contribution >= 0.6 is 23.7 Å². The molecule has 1 aromatic heterocycles. The molecular weight excluding hydrogens is 267 g/mol. The number of allylic oxidation sites excluding steroid dienone is 4. The van der Waals surface area contributed by atoms with Crippen molar-refractivity contribution in [3.8, 4) is 0 Å². The molecule has 1 aromatic rings. The van der Waals surface area contributed by atoms with Crippen LogP contribution in [0.4, 0.5) is 0 Å². The largest absolute Gasteiger partial charge is 0.147 e. The van der Waals surface area contributed by atoms with Crippen LogP contribution in [0.2, 0.25) is 0 Å². The Labute approximate surface area is 94.4 Å². The monoisotopic (exact) mass is 274 g/mol. The summed E-state index contributed by atoms with van der Waals surface area (Å²) in [5, 5.41) is 2.18. The number of hydrogen-bond donors (Lipinski definition) is 0. The minimum absolute atomic E-state index is 0. The Balaban J connectivity index is 0.000000720. The molecular formula is C9H9ClSZr. The average Bonchev–Trinajstić information content (AvgIpc) is 2.60. The van der Waals surface area contributed by atoms with E-state index in [0.29, 0.717) is 0 Å². The quantitative estimate of drug-likeness (QED) is 0.779. The molecule has 2 rings (SSSR count). The van der Waals surface area contributed by atoms with Gasteiger partial charge in [-0.3, -0.25) is 0 Å². The molecule has 3 heteroatoms. The van der Waals surface area contributed by atoms with Crippen LogP contribution in [0.15, 0.2) is 39.0 Å². The van der Waals surface area contributed by atoms with Gasteiger partial charge in [0.25, 0.3) is 0 Å². The smallest absolute Gasteiger partial charge is 0.147 e. The van der Waals surface area contributed by atoms with Crippen LogP contribution in [0.3, 0.4) is 0 Å². The zero-order chi connectivity index (χ0) is 7.52. The first-order valence-electron chi connectivity index (χ1n) is 3.61. The minimum Gasteiger partial charge on any atom is -0.147 e. The Morgan fingerprint density at radius 3 is 2.92 bits per heavy atom. The molecule has 0 radical (unpaired) electrons. The van der Waals surface area contributed by atoms with Crippen molar-refractivity contribution < 1.29 is 23.2 Å². The topological polar surface area (TPSA) is 0 Å². The molecule has 1 aliphatic carbocycles. The fourth-order valence-corrected chi connectivity index (χ4v) is 5.48. The minimum atomic E-state index is -0.349. The van der Waals surface area contributed by atoms with Gasteiger partial charge < -0.3 is 0 Å². The van der Waals surface area contributed by atoms with Gasteiger partial charge in [-0.1, -0.05) is 0 Å². The molecule has 0 atom stereocenters. The molecule has 0 unspecified atom stereocenters. The van der Waals surface area contributed by atoms with Crippen LogP contribution in [0, 0.1) is 0 Å². The maximum atomic E-state index is 2.30. The molecule has 1 aliphatic rings. The van der Waals surface area contributed by atoms with Crippen molar-refractivity contribution in [1.29, 1.82) is 0 Å². The van der Waals surface area contributed by atoms with E-state index < -0.39 is 0 Å². The van der Waals surface area contributed by atoms with E-state index in [0.717, 1.165) is 0 Å². The summed E-state index contributed by atoms with van der Waals surface area (Å²) in [4.78, 5) is 0. The van der Waals surface area contributed by atoms with E-state index in [1.807, 2.05) is 11.3 Å². The molecule has 0 amide bonds. The van der Waals surface area contributed by atoms with Crippen molar-refractivity contribution in [3.63, 3.8) is 0 Å². The van der Waals surface area contributed by atoms with Crippen LogP contribution < -0.4 is 2.59 Å². The van der Waals surface area contributed by atoms with Gasteiger partial charge in [0.1, 0.15) is 0 Å². The maximum absolute atomic E-state index is 2.30. The van der Waals surface area contributed by atoms with Crippen LogP contribution in [0.5, 0.6) is 0 Å². The van der Waals surface area contributed by atoms with Crippen LogP contribution in [-0.2, 0) is 23.2 Å². The maximum Gasteiger partial charge on any atom is -0.147 e. The van der Waals surface area contributed by atoms with Crippen molar-refractivity contribution >= 4 is 26.3 Å². The van der Waals surface area contributed by atoms with Gasteiger partial charge in [-0.2, -0.15) is 0 Å². The third-order valence-electron chi connectivity index (χ3n) is 1.58. The van der Waals surface area contributed by atoms with E-state index in [4.69, 9.17) is 0 Å². The molecule has 0 fully saturated rings. The Morgan fingerprint density at radius 2 is 2.33 bits per heavy atom. The fourth-order valence-electron chi connectivity index (χ4n) is 1.05. The number of rotatable bonds is 2. The first-order valence-corrected chi connectivity index (χ1v) is 6.95. The summed E-state index contributed by atoms with van der Waals surface area (Å²) < 4.78 is 3.35. The van der Waals surface area contributed by atoms with Crippen LogP contribution in [-0.4, -0.2) is 0 Å². The zero-order valence-electron chi connectivity index (χ0n) is 6.49. The molecule has 0 N–H and O–H groups in total. The van der Waals surface area contributed by atoms with Crippen molar-refractivity contribution in [2.75, 3.05) is 0 Å². The summed E-state index contributed by atoms with van der Waals surface area (Å²) in [5.74, 6) is 0. The summed E-state index contributed by atoms with van der Waals surface area (Å²) in [7, 11) is 0. The molecule has 0 aliphatic heterocycles. The van der Waals surface area contributed by atoms with E-state index in [9.17, 15) is 0 Å². The van der Waals surface area contributed by atoms with E-state index in [2.05, 4.69) is 35.7 Å². The molecule has 62 valence electrons. The summed E-state index contributed by atoms with van der Waals surface area (Å²) in [6.07, 6.45) is 7.96. The number of hydrogen-bond acceptors (Lipinski definition) is 1. The standard InChI is InChI=1S/C5H5.C4H3S.ClH.Zr/c2*1-2-4-5-3-1;;/h1-3H,4H2;1-3H;1H;. The SMILES string of the molecule is C1=CC[C]([Zr][c]2cccs2)=C1.Cl. The first kappa shape index (κ1) is 10.4. The molecule has 0 spiro atoms. The Hall–Kier alpha value is 0.353. The second-order valence-electron chi connectivity index (χ2n) is 2.43. The second kappa shape index (κ2) is 5.16.